The number of rotatable bonds is 3. The van der Waals surface area contributed by atoms with Crippen LogP contribution in [0.15, 0.2) is 54.9 Å². The predicted molar refractivity (Wildman–Crippen MR) is 125 cm³/mol. The van der Waals surface area contributed by atoms with Gasteiger partial charge in [-0.25, -0.2) is 19.2 Å². The highest BCUT2D eigenvalue weighted by atomic mass is 35.5. The van der Waals surface area contributed by atoms with Crippen LogP contribution in [0.2, 0.25) is 5.02 Å². The van der Waals surface area contributed by atoms with Crippen molar-refractivity contribution in [1.82, 2.24) is 19.2 Å². The van der Waals surface area contributed by atoms with Crippen LogP contribution in [-0.2, 0) is 0 Å². The van der Waals surface area contributed by atoms with Crippen LogP contribution in [0.3, 0.4) is 0 Å². The molecule has 1 aliphatic heterocycles. The molecular weight excluding hydrogens is 451 g/mol. The van der Waals surface area contributed by atoms with E-state index in [2.05, 4.69) is 24.6 Å². The summed E-state index contributed by atoms with van der Waals surface area (Å²) in [5, 5.41) is 3.48. The lowest BCUT2D eigenvalue weighted by Crippen LogP contribution is -2.50. The number of nitrogens with zero attached hydrogens (tertiary/aromatic N) is 5. The second kappa shape index (κ2) is 8.68. The molecule has 0 bridgehead atoms. The highest BCUT2D eigenvalue weighted by Gasteiger charge is 2.25. The number of nitrogens with one attached hydrogen (secondary N) is 1. The maximum Gasteiger partial charge on any atom is 0.321 e. The normalized spacial score (nSPS) is 14.1. The topological polar surface area (TPSA) is 74.2 Å². The van der Waals surface area contributed by atoms with E-state index in [-0.39, 0.29) is 11.8 Å². The fraction of sp³-hybridized carbons (Fsp3) is 0.182. The predicted octanol–water partition coefficient (Wildman–Crippen LogP) is 4.90. The molecule has 5 rings (SSSR count). The number of benzene rings is 2. The highest BCUT2D eigenvalue weighted by Crippen LogP contribution is 2.34. The number of aromatic nitrogens is 3. The Morgan fingerprint density at radius 3 is 2.44 bits per heavy atom. The van der Waals surface area contributed by atoms with Gasteiger partial charge in [-0.3, -0.25) is 0 Å². The van der Waals surface area contributed by atoms with Crippen molar-refractivity contribution >= 4 is 50.9 Å². The molecule has 32 heavy (non-hydrogen) atoms. The Labute approximate surface area is 192 Å². The summed E-state index contributed by atoms with van der Waals surface area (Å²) in [6, 6.07) is 13.1. The summed E-state index contributed by atoms with van der Waals surface area (Å²) >= 11 is 7.38. The summed E-state index contributed by atoms with van der Waals surface area (Å²) in [5.74, 6) is 0.487. The van der Waals surface area contributed by atoms with Gasteiger partial charge in [-0.15, -0.1) is 0 Å². The highest BCUT2D eigenvalue weighted by molar-refractivity contribution is 7.14. The zero-order valence-electron chi connectivity index (χ0n) is 16.8. The lowest BCUT2D eigenvalue weighted by molar-refractivity contribution is 0.208. The fourth-order valence-corrected chi connectivity index (χ4v) is 4.63. The van der Waals surface area contributed by atoms with E-state index < -0.39 is 0 Å². The average molecular weight is 469 g/mol. The van der Waals surface area contributed by atoms with Crippen molar-refractivity contribution < 1.29 is 9.18 Å². The third kappa shape index (κ3) is 4.09. The number of carbonyl (C=O) groups is 1. The first-order chi connectivity index (χ1) is 15.6. The summed E-state index contributed by atoms with van der Waals surface area (Å²) in [7, 11) is 0. The Morgan fingerprint density at radius 1 is 1.00 bits per heavy atom. The number of amides is 2. The molecule has 0 unspecified atom stereocenters. The average Bonchev–Trinajstić information content (AvgIpc) is 3.25. The molecule has 4 aromatic rings. The van der Waals surface area contributed by atoms with E-state index in [0.29, 0.717) is 36.9 Å². The van der Waals surface area contributed by atoms with E-state index in [1.807, 2.05) is 24.3 Å². The van der Waals surface area contributed by atoms with Gasteiger partial charge in [0, 0.05) is 42.5 Å². The molecule has 1 N–H and O–H groups in total. The molecule has 2 amide bonds. The number of piperazine rings is 1. The van der Waals surface area contributed by atoms with Crippen molar-refractivity contribution in [3.8, 4) is 11.3 Å². The standard InChI is InChI=1S/C22H18ClFN6OS/c23-15-3-1-14(2-4-15)18-19-20(32-28-18)21(26-13-25-19)29-9-11-30(12-10-29)22(31)27-17-7-5-16(24)6-8-17/h1-8,13H,9-12H2,(H,27,31). The maximum absolute atomic E-state index is 13.1. The maximum atomic E-state index is 13.1. The second-order valence-electron chi connectivity index (χ2n) is 7.32. The summed E-state index contributed by atoms with van der Waals surface area (Å²) in [4.78, 5) is 25.4. The summed E-state index contributed by atoms with van der Waals surface area (Å²) in [5.41, 5.74) is 3.13. The van der Waals surface area contributed by atoms with Crippen molar-refractivity contribution in [2.75, 3.05) is 36.4 Å². The molecule has 1 saturated heterocycles. The van der Waals surface area contributed by atoms with Gasteiger partial charge in [0.15, 0.2) is 5.82 Å². The van der Waals surface area contributed by atoms with Crippen LogP contribution in [0.5, 0.6) is 0 Å². The second-order valence-corrected chi connectivity index (χ2v) is 8.53. The number of anilines is 2. The van der Waals surface area contributed by atoms with Gasteiger partial charge in [-0.1, -0.05) is 23.7 Å². The molecule has 0 spiro atoms. The van der Waals surface area contributed by atoms with E-state index in [9.17, 15) is 9.18 Å². The molecule has 1 fully saturated rings. The van der Waals surface area contributed by atoms with Gasteiger partial charge < -0.3 is 15.1 Å². The first kappa shape index (κ1) is 20.6. The molecule has 1 aliphatic rings. The number of carbonyl (C=O) groups excluding carboxylic acids is 1. The number of hydrogen-bond acceptors (Lipinski definition) is 6. The Bertz CT molecular complexity index is 1260. The van der Waals surface area contributed by atoms with Gasteiger partial charge in [0.2, 0.25) is 0 Å². The molecule has 10 heteroatoms. The third-order valence-electron chi connectivity index (χ3n) is 5.32. The number of fused-ring (bicyclic) bond motifs is 1. The SMILES string of the molecule is O=C(Nc1ccc(F)cc1)N1CCN(c2ncnc3c(-c4ccc(Cl)cc4)nsc23)CC1. The molecule has 0 atom stereocenters. The number of halogens is 2. The third-order valence-corrected chi connectivity index (χ3v) is 6.40. The van der Waals surface area contributed by atoms with E-state index in [1.54, 1.807) is 23.4 Å². The van der Waals surface area contributed by atoms with Gasteiger partial charge in [-0.05, 0) is 47.9 Å². The van der Waals surface area contributed by atoms with E-state index in [1.165, 1.54) is 23.7 Å². The smallest absolute Gasteiger partial charge is 0.321 e. The van der Waals surface area contributed by atoms with Crippen molar-refractivity contribution in [3.05, 3.63) is 65.7 Å². The Kier molecular flexibility index (Phi) is 5.59. The van der Waals surface area contributed by atoms with Crippen LogP contribution in [0.1, 0.15) is 0 Å². The molecular formula is C22H18ClFN6OS. The van der Waals surface area contributed by atoms with Gasteiger partial charge in [0.25, 0.3) is 0 Å². The first-order valence-corrected chi connectivity index (χ1v) is 11.2. The molecule has 2 aromatic heterocycles. The van der Waals surface area contributed by atoms with Gasteiger partial charge in [0.1, 0.15) is 28.1 Å². The van der Waals surface area contributed by atoms with Crippen LogP contribution in [-0.4, -0.2) is 51.5 Å². The summed E-state index contributed by atoms with van der Waals surface area (Å²) < 4.78 is 18.6. The quantitative estimate of drug-likeness (QED) is 0.463. The largest absolute Gasteiger partial charge is 0.352 e. The van der Waals surface area contributed by atoms with Crippen LogP contribution in [0.4, 0.5) is 20.7 Å². The molecule has 0 saturated carbocycles. The fourth-order valence-electron chi connectivity index (χ4n) is 3.63. The molecule has 162 valence electrons. The zero-order chi connectivity index (χ0) is 22.1. The summed E-state index contributed by atoms with van der Waals surface area (Å²) in [6.45, 7) is 2.36. The molecule has 2 aromatic carbocycles. The van der Waals surface area contributed by atoms with Crippen molar-refractivity contribution in [2.45, 2.75) is 0 Å². The van der Waals surface area contributed by atoms with E-state index in [0.717, 1.165) is 27.3 Å². The lowest BCUT2D eigenvalue weighted by atomic mass is 10.1. The van der Waals surface area contributed by atoms with Gasteiger partial charge in [0.05, 0.1) is 0 Å². The van der Waals surface area contributed by atoms with Crippen molar-refractivity contribution in [3.63, 3.8) is 0 Å². The van der Waals surface area contributed by atoms with Gasteiger partial charge >= 0.3 is 6.03 Å². The van der Waals surface area contributed by atoms with Crippen LogP contribution >= 0.6 is 23.1 Å². The van der Waals surface area contributed by atoms with E-state index in [4.69, 9.17) is 11.6 Å². The number of hydrogen-bond donors (Lipinski definition) is 1. The van der Waals surface area contributed by atoms with Crippen molar-refractivity contribution in [1.29, 1.82) is 0 Å². The minimum Gasteiger partial charge on any atom is -0.352 e. The molecule has 3 heterocycles. The monoisotopic (exact) mass is 468 g/mol. The van der Waals surface area contributed by atoms with Crippen LogP contribution < -0.4 is 10.2 Å². The minimum absolute atomic E-state index is 0.202. The van der Waals surface area contributed by atoms with Crippen LogP contribution in [0, 0.1) is 5.82 Å². The molecule has 7 nitrogen and oxygen atoms in total. The Morgan fingerprint density at radius 2 is 1.72 bits per heavy atom. The molecule has 0 aliphatic carbocycles. The van der Waals surface area contributed by atoms with E-state index >= 15 is 0 Å². The Hall–Kier alpha value is -3.30. The molecule has 0 radical (unpaired) electrons. The first-order valence-electron chi connectivity index (χ1n) is 10.0. The zero-order valence-corrected chi connectivity index (χ0v) is 18.4. The Balaban J connectivity index is 1.30. The van der Waals surface area contributed by atoms with Crippen molar-refractivity contribution in [2.24, 2.45) is 0 Å². The van der Waals surface area contributed by atoms with Gasteiger partial charge in [-0.2, -0.15) is 4.37 Å². The summed E-state index contributed by atoms with van der Waals surface area (Å²) in [6.07, 6.45) is 1.55. The lowest BCUT2D eigenvalue weighted by Gasteiger charge is -2.35. The number of urea groups is 1. The minimum atomic E-state index is -0.338. The van der Waals surface area contributed by atoms with Crippen LogP contribution in [0.25, 0.3) is 21.5 Å².